The minimum Gasteiger partial charge on any atom is -0.477 e. The number of hydrogen-bond acceptors (Lipinski definition) is 3. The summed E-state index contributed by atoms with van der Waals surface area (Å²) in [5.74, 6) is -0.869. The quantitative estimate of drug-likeness (QED) is 0.748. The van der Waals surface area contributed by atoms with E-state index < -0.39 is 5.97 Å². The van der Waals surface area contributed by atoms with E-state index in [-0.39, 0.29) is 0 Å². The van der Waals surface area contributed by atoms with E-state index in [4.69, 9.17) is 5.11 Å². The Morgan fingerprint density at radius 1 is 0.895 bits per heavy atom. The first-order valence-corrected chi connectivity index (χ1v) is 7.41. The summed E-state index contributed by atoms with van der Waals surface area (Å²) in [4.78, 5) is 13.5. The first-order chi connectivity index (χ1) is 9.24. The normalized spacial score (nSPS) is 10.5. The molecular weight excluding hydrogens is 276 g/mol. The summed E-state index contributed by atoms with van der Waals surface area (Å²) in [6.45, 7) is 0. The van der Waals surface area contributed by atoms with Gasteiger partial charge in [0.05, 0.1) is 0 Å². The highest BCUT2D eigenvalue weighted by atomic mass is 32.1. The van der Waals surface area contributed by atoms with Crippen LogP contribution in [0.2, 0.25) is 0 Å². The zero-order valence-corrected chi connectivity index (χ0v) is 11.5. The molecule has 2 heterocycles. The fourth-order valence-corrected chi connectivity index (χ4v) is 3.43. The first kappa shape index (κ1) is 12.1. The molecule has 1 N–H and O–H groups in total. The van der Waals surface area contributed by atoms with E-state index in [0.717, 1.165) is 10.4 Å². The number of carboxylic acids is 1. The number of hydrogen-bond donors (Lipinski definition) is 1. The highest BCUT2D eigenvalue weighted by molar-refractivity contribution is 7.17. The molecule has 0 aliphatic heterocycles. The molecule has 0 atom stereocenters. The molecule has 19 heavy (non-hydrogen) atoms. The van der Waals surface area contributed by atoms with Gasteiger partial charge in [0, 0.05) is 9.75 Å². The molecule has 3 aromatic rings. The first-order valence-electron chi connectivity index (χ1n) is 5.71. The van der Waals surface area contributed by atoms with Gasteiger partial charge in [-0.05, 0) is 34.7 Å². The number of aromatic carboxylic acids is 1. The molecule has 0 fully saturated rings. The van der Waals surface area contributed by atoms with Gasteiger partial charge < -0.3 is 5.11 Å². The summed E-state index contributed by atoms with van der Waals surface area (Å²) in [5.41, 5.74) is 2.24. The van der Waals surface area contributed by atoms with Gasteiger partial charge in [0.2, 0.25) is 0 Å². The molecule has 0 aliphatic rings. The van der Waals surface area contributed by atoms with Crippen LogP contribution in [-0.2, 0) is 0 Å². The molecule has 2 nitrogen and oxygen atoms in total. The molecule has 0 unspecified atom stereocenters. The van der Waals surface area contributed by atoms with E-state index in [1.54, 1.807) is 17.4 Å². The van der Waals surface area contributed by atoms with Crippen LogP contribution < -0.4 is 0 Å². The third kappa shape index (κ3) is 2.45. The Hall–Kier alpha value is -1.91. The Labute approximate surface area is 118 Å². The third-order valence-corrected chi connectivity index (χ3v) is 4.83. The topological polar surface area (TPSA) is 37.3 Å². The molecule has 0 saturated carbocycles. The van der Waals surface area contributed by atoms with Crippen molar-refractivity contribution in [3.8, 4) is 20.9 Å². The van der Waals surface area contributed by atoms with Crippen LogP contribution >= 0.6 is 22.7 Å². The van der Waals surface area contributed by atoms with Crippen LogP contribution in [0.1, 0.15) is 9.67 Å². The van der Waals surface area contributed by atoms with E-state index in [0.29, 0.717) is 4.88 Å². The highest BCUT2D eigenvalue weighted by Crippen LogP contribution is 2.31. The third-order valence-electron chi connectivity index (χ3n) is 2.79. The van der Waals surface area contributed by atoms with Gasteiger partial charge in [-0.3, -0.25) is 0 Å². The molecule has 0 saturated heterocycles. The number of carboxylic acid groups (broad SMARTS) is 1. The van der Waals surface area contributed by atoms with Crippen LogP contribution in [0.25, 0.3) is 20.9 Å². The zero-order valence-electron chi connectivity index (χ0n) is 9.87. The van der Waals surface area contributed by atoms with Crippen LogP contribution in [0.15, 0.2) is 53.9 Å². The lowest BCUT2D eigenvalue weighted by atomic mass is 10.1. The predicted octanol–water partition coefficient (Wildman–Crippen LogP) is 4.84. The fourth-order valence-electron chi connectivity index (χ4n) is 1.85. The van der Waals surface area contributed by atoms with Crippen molar-refractivity contribution < 1.29 is 9.90 Å². The van der Waals surface area contributed by atoms with Gasteiger partial charge in [0.25, 0.3) is 0 Å². The Morgan fingerprint density at radius 3 is 2.11 bits per heavy atom. The summed E-state index contributed by atoms with van der Waals surface area (Å²) in [6.07, 6.45) is 0. The number of carbonyl (C=O) groups is 1. The van der Waals surface area contributed by atoms with Gasteiger partial charge in [-0.25, -0.2) is 4.79 Å². The molecule has 0 radical (unpaired) electrons. The summed E-state index contributed by atoms with van der Waals surface area (Å²) in [5, 5.41) is 11.0. The Morgan fingerprint density at radius 2 is 1.58 bits per heavy atom. The summed E-state index contributed by atoms with van der Waals surface area (Å²) in [6, 6.07) is 15.8. The second kappa shape index (κ2) is 4.99. The predicted molar refractivity (Wildman–Crippen MR) is 80.0 cm³/mol. The maximum atomic E-state index is 10.9. The van der Waals surface area contributed by atoms with Gasteiger partial charge >= 0.3 is 5.97 Å². The van der Waals surface area contributed by atoms with Crippen molar-refractivity contribution in [3.63, 3.8) is 0 Å². The van der Waals surface area contributed by atoms with Crippen LogP contribution in [-0.4, -0.2) is 11.1 Å². The van der Waals surface area contributed by atoms with E-state index in [9.17, 15) is 4.79 Å². The Bertz CT molecular complexity index is 694. The van der Waals surface area contributed by atoms with E-state index in [1.165, 1.54) is 21.8 Å². The molecule has 0 aliphatic carbocycles. The van der Waals surface area contributed by atoms with Gasteiger partial charge in [-0.1, -0.05) is 30.3 Å². The molecule has 3 rings (SSSR count). The van der Waals surface area contributed by atoms with Gasteiger partial charge in [0.15, 0.2) is 0 Å². The second-order valence-corrected chi connectivity index (χ2v) is 6.06. The summed E-state index contributed by atoms with van der Waals surface area (Å²) >= 11 is 3.01. The largest absolute Gasteiger partial charge is 0.477 e. The standard InChI is InChI=1S/C15H10O2S2/c16-15(17)14-8-7-13(19-14)11-5-3-10(4-6-11)12-2-1-9-18-12/h1-9H,(H,16,17). The SMILES string of the molecule is O=C(O)c1ccc(-c2ccc(-c3cccs3)cc2)s1. The molecule has 4 heteroatoms. The highest BCUT2D eigenvalue weighted by Gasteiger charge is 2.08. The molecule has 0 bridgehead atoms. The van der Waals surface area contributed by atoms with Crippen molar-refractivity contribution in [1.29, 1.82) is 0 Å². The lowest BCUT2D eigenvalue weighted by Gasteiger charge is -2.00. The number of thiophene rings is 2. The van der Waals surface area contributed by atoms with E-state index in [2.05, 4.69) is 23.6 Å². The van der Waals surface area contributed by atoms with Crippen molar-refractivity contribution in [1.82, 2.24) is 0 Å². The minimum absolute atomic E-state index is 0.373. The molecule has 0 spiro atoms. The van der Waals surface area contributed by atoms with E-state index in [1.807, 2.05) is 24.3 Å². The van der Waals surface area contributed by atoms with Crippen LogP contribution in [0.4, 0.5) is 0 Å². The van der Waals surface area contributed by atoms with Crippen molar-refractivity contribution in [3.05, 3.63) is 58.8 Å². The fraction of sp³-hybridized carbons (Fsp3) is 0. The number of rotatable bonds is 3. The lowest BCUT2D eigenvalue weighted by Crippen LogP contribution is -1.89. The van der Waals surface area contributed by atoms with Crippen LogP contribution in [0, 0.1) is 0 Å². The zero-order chi connectivity index (χ0) is 13.2. The molecule has 94 valence electrons. The lowest BCUT2D eigenvalue weighted by molar-refractivity contribution is 0.0702. The summed E-state index contributed by atoms with van der Waals surface area (Å²) in [7, 11) is 0. The average molecular weight is 286 g/mol. The smallest absolute Gasteiger partial charge is 0.345 e. The second-order valence-electron chi connectivity index (χ2n) is 4.02. The van der Waals surface area contributed by atoms with Crippen molar-refractivity contribution >= 4 is 28.6 Å². The van der Waals surface area contributed by atoms with Gasteiger partial charge in [-0.2, -0.15) is 0 Å². The van der Waals surface area contributed by atoms with E-state index >= 15 is 0 Å². The Kier molecular flexibility index (Phi) is 3.19. The maximum absolute atomic E-state index is 10.9. The minimum atomic E-state index is -0.869. The maximum Gasteiger partial charge on any atom is 0.345 e. The number of benzene rings is 1. The van der Waals surface area contributed by atoms with Gasteiger partial charge in [-0.15, -0.1) is 22.7 Å². The Balaban J connectivity index is 1.91. The van der Waals surface area contributed by atoms with Crippen molar-refractivity contribution in [2.45, 2.75) is 0 Å². The molecule has 0 amide bonds. The molecule has 1 aromatic carbocycles. The summed E-state index contributed by atoms with van der Waals surface area (Å²) < 4.78 is 0. The molecule has 2 aromatic heterocycles. The average Bonchev–Trinajstić information content (AvgIpc) is 3.11. The van der Waals surface area contributed by atoms with Crippen molar-refractivity contribution in [2.75, 3.05) is 0 Å². The van der Waals surface area contributed by atoms with Gasteiger partial charge in [0.1, 0.15) is 4.88 Å². The monoisotopic (exact) mass is 286 g/mol. The van der Waals surface area contributed by atoms with Crippen molar-refractivity contribution in [2.24, 2.45) is 0 Å². The van der Waals surface area contributed by atoms with Crippen LogP contribution in [0.3, 0.4) is 0 Å². The molecular formula is C15H10O2S2. The van der Waals surface area contributed by atoms with Crippen LogP contribution in [0.5, 0.6) is 0 Å².